The van der Waals surface area contributed by atoms with Gasteiger partial charge in [-0.25, -0.2) is 17.8 Å². The fourth-order valence-corrected chi connectivity index (χ4v) is 5.27. The normalized spacial score (nSPS) is 17.5. The van der Waals surface area contributed by atoms with Gasteiger partial charge in [0, 0.05) is 31.5 Å². The Hall–Kier alpha value is -3.83. The van der Waals surface area contributed by atoms with Gasteiger partial charge in [-0.05, 0) is 37.2 Å². The molecule has 0 radical (unpaired) electrons. The minimum atomic E-state index is -4.53. The molecule has 4 rings (SSSR count). The van der Waals surface area contributed by atoms with E-state index in [0.717, 1.165) is 17.2 Å². The van der Waals surface area contributed by atoms with Gasteiger partial charge in [0.15, 0.2) is 9.84 Å². The molecule has 0 bridgehead atoms. The molecule has 3 aromatic rings. The van der Waals surface area contributed by atoms with Crippen LogP contribution < -0.4 is 15.4 Å². The second-order valence-corrected chi connectivity index (χ2v) is 11.7. The van der Waals surface area contributed by atoms with Crippen LogP contribution in [0.4, 0.5) is 23.2 Å². The van der Waals surface area contributed by atoms with Crippen molar-refractivity contribution in [1.29, 1.82) is 0 Å². The average molecular weight is 596 g/mol. The number of alkyl halides is 4. The Bertz CT molecular complexity index is 1610. The quantitative estimate of drug-likeness (QED) is 0.319. The first-order valence-corrected chi connectivity index (χ1v) is 14.5. The van der Waals surface area contributed by atoms with Crippen molar-refractivity contribution < 1.29 is 35.5 Å². The Morgan fingerprint density at radius 3 is 2.71 bits per heavy atom. The zero-order chi connectivity index (χ0) is 29.9. The number of fused-ring (bicyclic) bond motifs is 1. The third-order valence-electron chi connectivity index (χ3n) is 6.70. The number of benzene rings is 2. The lowest BCUT2D eigenvalue weighted by Crippen LogP contribution is -2.51. The van der Waals surface area contributed by atoms with E-state index in [9.17, 15) is 30.8 Å². The van der Waals surface area contributed by atoms with Crippen molar-refractivity contribution in [2.45, 2.75) is 36.3 Å². The molecule has 0 saturated carbocycles. The standard InChI is InChI=1S/C27H29F4N5O4S/c1-35(22-8-10-32-14-20(22)28)26(37)19-11-17(12-23-25(19)34-16-36(23)15-27(29,30)31)5-4-9-33-21-7-6-18(41(3,38)39)13-24(21)40-2/h6-7,11-13,16,20,22,32-33H,8-10,14-15H2,1-3H3/t20-,22-/m0/s1. The van der Waals surface area contributed by atoms with E-state index < -0.39 is 40.7 Å². The third kappa shape index (κ3) is 7.09. The Labute approximate surface area is 234 Å². The van der Waals surface area contributed by atoms with Crippen molar-refractivity contribution in [1.82, 2.24) is 19.8 Å². The predicted molar refractivity (Wildman–Crippen MR) is 146 cm³/mol. The first-order valence-electron chi connectivity index (χ1n) is 12.6. The van der Waals surface area contributed by atoms with Crippen LogP contribution in [0.1, 0.15) is 22.3 Å². The van der Waals surface area contributed by atoms with E-state index in [1.54, 1.807) is 0 Å². The molecule has 1 amide bonds. The van der Waals surface area contributed by atoms with E-state index in [0.29, 0.717) is 18.7 Å². The van der Waals surface area contributed by atoms with Crippen LogP contribution in [0, 0.1) is 11.8 Å². The molecule has 2 N–H and O–H groups in total. The van der Waals surface area contributed by atoms with Gasteiger partial charge in [-0.3, -0.25) is 4.79 Å². The molecule has 220 valence electrons. The molecule has 2 atom stereocenters. The number of sulfone groups is 1. The minimum Gasteiger partial charge on any atom is -0.495 e. The summed E-state index contributed by atoms with van der Waals surface area (Å²) in [6, 6.07) is 6.49. The average Bonchev–Trinajstić information content (AvgIpc) is 3.30. The smallest absolute Gasteiger partial charge is 0.406 e. The molecule has 1 saturated heterocycles. The van der Waals surface area contributed by atoms with Crippen molar-refractivity contribution in [3.05, 3.63) is 47.8 Å². The van der Waals surface area contributed by atoms with Crippen LogP contribution in [0.2, 0.25) is 0 Å². The van der Waals surface area contributed by atoms with Crippen LogP contribution in [-0.2, 0) is 16.4 Å². The number of amides is 1. The zero-order valence-corrected chi connectivity index (χ0v) is 23.4. The molecule has 9 nitrogen and oxygen atoms in total. The predicted octanol–water partition coefficient (Wildman–Crippen LogP) is 3.25. The Balaban J connectivity index is 1.65. The van der Waals surface area contributed by atoms with Gasteiger partial charge in [-0.15, -0.1) is 0 Å². The molecule has 1 aliphatic rings. The number of methoxy groups -OCH3 is 1. The van der Waals surface area contributed by atoms with E-state index in [2.05, 4.69) is 27.5 Å². The lowest BCUT2D eigenvalue weighted by molar-refractivity contribution is -0.139. The number of nitrogens with one attached hydrogen (secondary N) is 2. The fraction of sp³-hybridized carbons (Fsp3) is 0.407. The van der Waals surface area contributed by atoms with Crippen LogP contribution in [-0.4, -0.2) is 87.2 Å². The molecule has 0 unspecified atom stereocenters. The number of piperidine rings is 1. The van der Waals surface area contributed by atoms with Gasteiger partial charge in [-0.1, -0.05) is 11.8 Å². The highest BCUT2D eigenvalue weighted by atomic mass is 32.2. The molecular weight excluding hydrogens is 566 g/mol. The number of aromatic nitrogens is 2. The van der Waals surface area contributed by atoms with Gasteiger partial charge in [0.25, 0.3) is 5.91 Å². The summed E-state index contributed by atoms with van der Waals surface area (Å²) in [5.74, 6) is 5.43. The van der Waals surface area contributed by atoms with Crippen LogP contribution in [0.25, 0.3) is 11.0 Å². The molecule has 41 heavy (non-hydrogen) atoms. The maximum Gasteiger partial charge on any atom is 0.406 e. The molecule has 1 fully saturated rings. The molecule has 0 spiro atoms. The monoisotopic (exact) mass is 595 g/mol. The number of carbonyl (C=O) groups is 1. The van der Waals surface area contributed by atoms with Gasteiger partial charge >= 0.3 is 6.18 Å². The minimum absolute atomic E-state index is 0.0203. The highest BCUT2D eigenvalue weighted by Gasteiger charge is 2.33. The van der Waals surface area contributed by atoms with Crippen molar-refractivity contribution in [2.24, 2.45) is 0 Å². The summed E-state index contributed by atoms with van der Waals surface area (Å²) in [6.45, 7) is -0.622. The number of ether oxygens (including phenoxy) is 1. The second-order valence-electron chi connectivity index (χ2n) is 9.66. The Morgan fingerprint density at radius 2 is 2.05 bits per heavy atom. The number of hydrogen-bond donors (Lipinski definition) is 2. The topological polar surface area (TPSA) is 106 Å². The zero-order valence-electron chi connectivity index (χ0n) is 22.5. The number of hydrogen-bond acceptors (Lipinski definition) is 7. The lowest BCUT2D eigenvalue weighted by atomic mass is 10.0. The first kappa shape index (κ1) is 30.1. The van der Waals surface area contributed by atoms with Crippen molar-refractivity contribution in [3.8, 4) is 17.6 Å². The second kappa shape index (κ2) is 12.0. The number of imidazole rings is 1. The van der Waals surface area contributed by atoms with Gasteiger partial charge in [0.1, 0.15) is 24.0 Å². The first-order chi connectivity index (χ1) is 19.3. The largest absolute Gasteiger partial charge is 0.495 e. The summed E-state index contributed by atoms with van der Waals surface area (Å²) >= 11 is 0. The van der Waals surface area contributed by atoms with Crippen LogP contribution >= 0.6 is 0 Å². The summed E-state index contributed by atoms with van der Waals surface area (Å²) in [7, 11) is -0.580. The van der Waals surface area contributed by atoms with E-state index in [4.69, 9.17) is 4.74 Å². The summed E-state index contributed by atoms with van der Waals surface area (Å²) in [5, 5.41) is 5.93. The molecule has 2 aromatic carbocycles. The number of carbonyl (C=O) groups excluding carboxylic acids is 1. The van der Waals surface area contributed by atoms with Crippen molar-refractivity contribution in [2.75, 3.05) is 45.4 Å². The van der Waals surface area contributed by atoms with Gasteiger partial charge in [-0.2, -0.15) is 13.2 Å². The van der Waals surface area contributed by atoms with Crippen LogP contribution in [0.15, 0.2) is 41.6 Å². The Kier molecular flexibility index (Phi) is 8.79. The molecule has 1 aliphatic heterocycles. The van der Waals surface area contributed by atoms with E-state index in [1.807, 2.05) is 0 Å². The molecular formula is C27H29F4N5O4S. The van der Waals surface area contributed by atoms with E-state index in [1.165, 1.54) is 49.4 Å². The fourth-order valence-electron chi connectivity index (χ4n) is 4.64. The number of halogens is 4. The van der Waals surface area contributed by atoms with E-state index in [-0.39, 0.29) is 45.9 Å². The van der Waals surface area contributed by atoms with Crippen LogP contribution in [0.3, 0.4) is 0 Å². The number of nitrogens with zero attached hydrogens (tertiary/aromatic N) is 3. The number of rotatable bonds is 7. The SMILES string of the molecule is COc1cc(S(C)(=O)=O)ccc1NCC#Cc1cc(C(=O)N(C)[C@H]2CCNC[C@@H]2F)c2ncn(CC(F)(F)F)c2c1. The highest BCUT2D eigenvalue weighted by molar-refractivity contribution is 7.90. The summed E-state index contributed by atoms with van der Waals surface area (Å²) in [5.41, 5.74) is 0.898. The summed E-state index contributed by atoms with van der Waals surface area (Å²) in [4.78, 5) is 18.9. The molecule has 1 aromatic heterocycles. The molecule has 14 heteroatoms. The maximum atomic E-state index is 14.6. The van der Waals surface area contributed by atoms with Crippen molar-refractivity contribution >= 4 is 32.5 Å². The Morgan fingerprint density at radius 1 is 1.29 bits per heavy atom. The summed E-state index contributed by atoms with van der Waals surface area (Å²) < 4.78 is 84.0. The maximum absolute atomic E-state index is 14.6. The van der Waals surface area contributed by atoms with Crippen LogP contribution in [0.5, 0.6) is 5.75 Å². The third-order valence-corrected chi connectivity index (χ3v) is 7.81. The highest BCUT2D eigenvalue weighted by Crippen LogP contribution is 2.28. The van der Waals surface area contributed by atoms with Gasteiger partial charge in [0.2, 0.25) is 0 Å². The van der Waals surface area contributed by atoms with Gasteiger partial charge < -0.3 is 24.8 Å². The van der Waals surface area contributed by atoms with Crippen molar-refractivity contribution in [3.63, 3.8) is 0 Å². The molecule has 0 aliphatic carbocycles. The summed E-state index contributed by atoms with van der Waals surface area (Å²) in [6.07, 6.45) is -3.34. The number of anilines is 1. The van der Waals surface area contributed by atoms with E-state index >= 15 is 0 Å². The van der Waals surface area contributed by atoms with Gasteiger partial charge in [0.05, 0.1) is 47.7 Å². The molecule has 2 heterocycles. The lowest BCUT2D eigenvalue weighted by Gasteiger charge is -2.34.